The Hall–Kier alpha value is -0.0800. The van der Waals surface area contributed by atoms with Crippen LogP contribution in [0.2, 0.25) is 0 Å². The van der Waals surface area contributed by atoms with Gasteiger partial charge < -0.3 is 10.2 Å². The highest BCUT2D eigenvalue weighted by Crippen LogP contribution is 2.33. The summed E-state index contributed by atoms with van der Waals surface area (Å²) in [5.41, 5.74) is 0. The molecule has 18 heavy (non-hydrogen) atoms. The SMILES string of the molecule is CNCC1CCN(C2CCCC(CC(C)C)C2)C1. The van der Waals surface area contributed by atoms with Crippen molar-refractivity contribution in [3.63, 3.8) is 0 Å². The number of rotatable bonds is 5. The second-order valence-electron chi connectivity index (χ2n) is 7.02. The van der Waals surface area contributed by atoms with E-state index in [9.17, 15) is 0 Å². The molecule has 1 aliphatic carbocycles. The summed E-state index contributed by atoms with van der Waals surface area (Å²) in [7, 11) is 2.09. The van der Waals surface area contributed by atoms with E-state index in [-0.39, 0.29) is 0 Å². The first-order chi connectivity index (χ1) is 8.69. The fraction of sp³-hybridized carbons (Fsp3) is 1.00. The zero-order valence-corrected chi connectivity index (χ0v) is 12.6. The average molecular weight is 252 g/mol. The standard InChI is InChI=1S/C16H32N2/c1-13(2)9-14-5-4-6-16(10-14)18-8-7-15(12-18)11-17-3/h13-17H,4-12H2,1-3H3. The first kappa shape index (κ1) is 14.3. The van der Waals surface area contributed by atoms with E-state index in [1.165, 1.54) is 58.2 Å². The molecule has 1 heterocycles. The minimum atomic E-state index is 0.879. The molecular weight excluding hydrogens is 220 g/mol. The molecule has 106 valence electrons. The van der Waals surface area contributed by atoms with Crippen LogP contribution in [0.25, 0.3) is 0 Å². The number of likely N-dealkylation sites (tertiary alicyclic amines) is 1. The van der Waals surface area contributed by atoms with Crippen LogP contribution in [-0.2, 0) is 0 Å². The van der Waals surface area contributed by atoms with Gasteiger partial charge in [0.05, 0.1) is 0 Å². The Bertz CT molecular complexity index is 239. The van der Waals surface area contributed by atoms with E-state index in [4.69, 9.17) is 0 Å². The van der Waals surface area contributed by atoms with E-state index in [0.29, 0.717) is 0 Å². The molecule has 0 amide bonds. The molecule has 0 radical (unpaired) electrons. The first-order valence-electron chi connectivity index (χ1n) is 8.07. The molecule has 0 spiro atoms. The van der Waals surface area contributed by atoms with Gasteiger partial charge in [-0.25, -0.2) is 0 Å². The fourth-order valence-electron chi connectivity index (χ4n) is 4.12. The molecule has 0 aromatic carbocycles. The van der Waals surface area contributed by atoms with Crippen LogP contribution in [0.1, 0.15) is 52.4 Å². The zero-order valence-electron chi connectivity index (χ0n) is 12.6. The number of nitrogens with one attached hydrogen (secondary N) is 1. The fourth-order valence-corrected chi connectivity index (χ4v) is 4.12. The van der Waals surface area contributed by atoms with Crippen LogP contribution in [0.3, 0.4) is 0 Å². The summed E-state index contributed by atoms with van der Waals surface area (Å²) < 4.78 is 0. The minimum absolute atomic E-state index is 0.879. The molecular formula is C16H32N2. The maximum atomic E-state index is 3.34. The van der Waals surface area contributed by atoms with E-state index < -0.39 is 0 Å². The first-order valence-corrected chi connectivity index (χ1v) is 8.07. The van der Waals surface area contributed by atoms with E-state index in [1.807, 2.05) is 0 Å². The molecule has 1 aliphatic heterocycles. The monoisotopic (exact) mass is 252 g/mol. The molecule has 3 atom stereocenters. The molecule has 1 N–H and O–H groups in total. The van der Waals surface area contributed by atoms with Crippen molar-refractivity contribution in [2.75, 3.05) is 26.7 Å². The van der Waals surface area contributed by atoms with Gasteiger partial charge in [0.25, 0.3) is 0 Å². The lowest BCUT2D eigenvalue weighted by Gasteiger charge is -2.36. The van der Waals surface area contributed by atoms with Gasteiger partial charge in [-0.1, -0.05) is 26.7 Å². The molecule has 3 unspecified atom stereocenters. The van der Waals surface area contributed by atoms with Crippen molar-refractivity contribution in [2.24, 2.45) is 17.8 Å². The van der Waals surface area contributed by atoms with Crippen molar-refractivity contribution in [1.29, 1.82) is 0 Å². The zero-order chi connectivity index (χ0) is 13.0. The largest absolute Gasteiger partial charge is 0.319 e. The Kier molecular flexibility index (Phi) is 5.50. The van der Waals surface area contributed by atoms with Gasteiger partial charge in [0, 0.05) is 12.6 Å². The van der Waals surface area contributed by atoms with Crippen LogP contribution >= 0.6 is 0 Å². The van der Waals surface area contributed by atoms with Crippen LogP contribution in [0.4, 0.5) is 0 Å². The van der Waals surface area contributed by atoms with Gasteiger partial charge in [-0.15, -0.1) is 0 Å². The van der Waals surface area contributed by atoms with Gasteiger partial charge in [-0.3, -0.25) is 0 Å². The third-order valence-corrected chi connectivity index (χ3v) is 4.89. The second kappa shape index (κ2) is 6.91. The highest BCUT2D eigenvalue weighted by Gasteiger charge is 2.31. The Morgan fingerprint density at radius 3 is 2.72 bits per heavy atom. The summed E-state index contributed by atoms with van der Waals surface area (Å²) in [6.07, 6.45) is 8.75. The van der Waals surface area contributed by atoms with Crippen LogP contribution in [0.5, 0.6) is 0 Å². The molecule has 0 aromatic rings. The lowest BCUT2D eigenvalue weighted by molar-refractivity contribution is 0.142. The van der Waals surface area contributed by atoms with Crippen molar-refractivity contribution in [2.45, 2.75) is 58.4 Å². The lowest BCUT2D eigenvalue weighted by atomic mass is 9.80. The molecule has 2 nitrogen and oxygen atoms in total. The van der Waals surface area contributed by atoms with Crippen molar-refractivity contribution in [3.05, 3.63) is 0 Å². The average Bonchev–Trinajstić information content (AvgIpc) is 2.78. The predicted octanol–water partition coefficient (Wildman–Crippen LogP) is 3.13. The van der Waals surface area contributed by atoms with Crippen LogP contribution < -0.4 is 5.32 Å². The lowest BCUT2D eigenvalue weighted by Crippen LogP contribution is -2.38. The Labute approximate surface area is 114 Å². The van der Waals surface area contributed by atoms with Gasteiger partial charge in [-0.2, -0.15) is 0 Å². The molecule has 0 aromatic heterocycles. The number of hydrogen-bond acceptors (Lipinski definition) is 2. The maximum absolute atomic E-state index is 3.34. The van der Waals surface area contributed by atoms with Crippen LogP contribution in [0, 0.1) is 17.8 Å². The van der Waals surface area contributed by atoms with Crippen molar-refractivity contribution in [3.8, 4) is 0 Å². The highest BCUT2D eigenvalue weighted by atomic mass is 15.2. The third-order valence-electron chi connectivity index (χ3n) is 4.89. The van der Waals surface area contributed by atoms with Gasteiger partial charge in [0.1, 0.15) is 0 Å². The Morgan fingerprint density at radius 2 is 2.00 bits per heavy atom. The van der Waals surface area contributed by atoms with Gasteiger partial charge in [0.2, 0.25) is 0 Å². The molecule has 1 saturated carbocycles. The molecule has 2 rings (SSSR count). The van der Waals surface area contributed by atoms with Crippen LogP contribution in [0.15, 0.2) is 0 Å². The summed E-state index contributed by atoms with van der Waals surface area (Å²) >= 11 is 0. The third kappa shape index (κ3) is 3.96. The summed E-state index contributed by atoms with van der Waals surface area (Å²) in [6, 6.07) is 0.907. The number of nitrogens with zero attached hydrogens (tertiary/aromatic N) is 1. The summed E-state index contributed by atoms with van der Waals surface area (Å²) in [5, 5.41) is 3.34. The highest BCUT2D eigenvalue weighted by molar-refractivity contribution is 4.86. The van der Waals surface area contributed by atoms with Gasteiger partial charge in [-0.05, 0) is 63.6 Å². The summed E-state index contributed by atoms with van der Waals surface area (Å²) in [4.78, 5) is 2.80. The summed E-state index contributed by atoms with van der Waals surface area (Å²) in [6.45, 7) is 8.66. The molecule has 0 bridgehead atoms. The predicted molar refractivity (Wildman–Crippen MR) is 78.8 cm³/mol. The second-order valence-corrected chi connectivity index (χ2v) is 7.02. The van der Waals surface area contributed by atoms with Crippen LogP contribution in [-0.4, -0.2) is 37.6 Å². The van der Waals surface area contributed by atoms with Gasteiger partial charge in [0.15, 0.2) is 0 Å². The Balaban J connectivity index is 1.78. The van der Waals surface area contributed by atoms with Gasteiger partial charge >= 0.3 is 0 Å². The van der Waals surface area contributed by atoms with E-state index in [2.05, 4.69) is 31.1 Å². The normalized spacial score (nSPS) is 34.3. The quantitative estimate of drug-likeness (QED) is 0.809. The molecule has 2 fully saturated rings. The van der Waals surface area contributed by atoms with E-state index in [0.717, 1.165) is 23.8 Å². The smallest absolute Gasteiger partial charge is 0.00980 e. The minimum Gasteiger partial charge on any atom is -0.319 e. The van der Waals surface area contributed by atoms with Crippen molar-refractivity contribution in [1.82, 2.24) is 10.2 Å². The molecule has 1 saturated heterocycles. The van der Waals surface area contributed by atoms with E-state index >= 15 is 0 Å². The number of hydrogen-bond donors (Lipinski definition) is 1. The van der Waals surface area contributed by atoms with E-state index in [1.54, 1.807) is 0 Å². The molecule has 2 aliphatic rings. The Morgan fingerprint density at radius 1 is 1.17 bits per heavy atom. The molecule has 2 heteroatoms. The topological polar surface area (TPSA) is 15.3 Å². The van der Waals surface area contributed by atoms with Crippen molar-refractivity contribution < 1.29 is 0 Å². The van der Waals surface area contributed by atoms with Crippen molar-refractivity contribution >= 4 is 0 Å². The summed E-state index contributed by atoms with van der Waals surface area (Å²) in [5.74, 6) is 2.79. The maximum Gasteiger partial charge on any atom is 0.00980 e.